The minimum atomic E-state index is -0.383. The first kappa shape index (κ1) is 15.2. The lowest BCUT2D eigenvalue weighted by atomic mass is 10.1. The molecular weight excluding hydrogens is 309 g/mol. The molecule has 126 valence electrons. The van der Waals surface area contributed by atoms with E-state index in [1.54, 1.807) is 12.1 Å². The van der Waals surface area contributed by atoms with Crippen molar-refractivity contribution in [1.29, 1.82) is 0 Å². The highest BCUT2D eigenvalue weighted by molar-refractivity contribution is 5.75. The van der Waals surface area contributed by atoms with Crippen molar-refractivity contribution in [2.45, 2.75) is 12.8 Å². The number of rotatable bonds is 5. The van der Waals surface area contributed by atoms with Crippen molar-refractivity contribution in [1.82, 2.24) is 0 Å². The van der Waals surface area contributed by atoms with E-state index >= 15 is 0 Å². The Morgan fingerprint density at radius 1 is 0.958 bits per heavy atom. The lowest BCUT2D eigenvalue weighted by molar-refractivity contribution is 0.624. The van der Waals surface area contributed by atoms with Crippen LogP contribution in [0.4, 0.5) is 21.5 Å². The van der Waals surface area contributed by atoms with E-state index in [1.807, 2.05) is 4.90 Å². The lowest BCUT2D eigenvalue weighted by Crippen LogP contribution is -2.51. The van der Waals surface area contributed by atoms with Crippen LogP contribution in [0.2, 0.25) is 0 Å². The van der Waals surface area contributed by atoms with Gasteiger partial charge in [-0.25, -0.2) is 4.39 Å². The summed E-state index contributed by atoms with van der Waals surface area (Å²) >= 11 is 0. The molecule has 2 aromatic rings. The third-order valence-electron chi connectivity index (χ3n) is 4.94. The number of hydrogen-bond acceptors (Lipinski definition) is 5. The highest BCUT2D eigenvalue weighted by Crippen LogP contribution is 2.30. The van der Waals surface area contributed by atoms with Crippen molar-refractivity contribution in [2.75, 3.05) is 47.8 Å². The Labute approximate surface area is 139 Å². The molecule has 1 saturated heterocycles. The third kappa shape index (κ3) is 2.77. The highest BCUT2D eigenvalue weighted by atomic mass is 19.1. The minimum Gasteiger partial charge on any atom is -0.380 e. The average molecular weight is 329 g/mol. The molecule has 4 rings (SSSR count). The van der Waals surface area contributed by atoms with Gasteiger partial charge in [0.25, 0.3) is 10.9 Å². The summed E-state index contributed by atoms with van der Waals surface area (Å²) in [5, 5.41) is 3.17. The molecular formula is C18H20FN3O2. The summed E-state index contributed by atoms with van der Waals surface area (Å²) in [5.74, 6) is 0.407. The predicted molar refractivity (Wildman–Crippen MR) is 93.4 cm³/mol. The summed E-state index contributed by atoms with van der Waals surface area (Å²) in [6, 6.07) is 6.45. The molecule has 1 N–H and O–H groups in total. The lowest BCUT2D eigenvalue weighted by Gasteiger charge is -2.38. The van der Waals surface area contributed by atoms with Crippen molar-refractivity contribution in [3.63, 3.8) is 0 Å². The van der Waals surface area contributed by atoms with Crippen molar-refractivity contribution < 1.29 is 4.39 Å². The summed E-state index contributed by atoms with van der Waals surface area (Å²) in [6.07, 6.45) is 2.40. The molecule has 0 bridgehead atoms. The Kier molecular flexibility index (Phi) is 3.75. The second-order valence-electron chi connectivity index (χ2n) is 6.66. The predicted octanol–water partition coefficient (Wildman–Crippen LogP) is 1.57. The fourth-order valence-electron chi connectivity index (χ4n) is 3.25. The van der Waals surface area contributed by atoms with Gasteiger partial charge in [0.05, 0.1) is 0 Å². The Morgan fingerprint density at radius 2 is 1.58 bits per heavy atom. The van der Waals surface area contributed by atoms with Crippen molar-refractivity contribution in [3.05, 3.63) is 50.5 Å². The third-order valence-corrected chi connectivity index (χ3v) is 4.94. The zero-order chi connectivity index (χ0) is 16.7. The van der Waals surface area contributed by atoms with Crippen molar-refractivity contribution in [2.24, 2.45) is 5.92 Å². The van der Waals surface area contributed by atoms with Gasteiger partial charge in [0.2, 0.25) is 0 Å². The summed E-state index contributed by atoms with van der Waals surface area (Å²) in [4.78, 5) is 28.0. The van der Waals surface area contributed by atoms with Crippen molar-refractivity contribution in [3.8, 4) is 0 Å². The second kappa shape index (κ2) is 5.92. The molecule has 2 fully saturated rings. The summed E-state index contributed by atoms with van der Waals surface area (Å²) in [6.45, 7) is 3.63. The smallest absolute Gasteiger partial charge is 0.253 e. The first-order valence-electron chi connectivity index (χ1n) is 8.46. The van der Waals surface area contributed by atoms with E-state index in [0.717, 1.165) is 25.3 Å². The molecule has 0 spiro atoms. The van der Waals surface area contributed by atoms with E-state index < -0.39 is 0 Å². The number of benzene rings is 1. The van der Waals surface area contributed by atoms with Gasteiger partial charge in [-0.05, 0) is 43.0 Å². The molecule has 0 unspecified atom stereocenters. The number of halogens is 1. The topological polar surface area (TPSA) is 52.7 Å². The zero-order valence-corrected chi connectivity index (χ0v) is 13.4. The summed E-state index contributed by atoms with van der Waals surface area (Å²) in [5.41, 5.74) is 1.28. The zero-order valence-electron chi connectivity index (χ0n) is 13.4. The average Bonchev–Trinajstić information content (AvgIpc) is 3.43. The van der Waals surface area contributed by atoms with E-state index in [-0.39, 0.29) is 16.7 Å². The van der Waals surface area contributed by atoms with Crippen LogP contribution in [0.15, 0.2) is 33.9 Å². The second-order valence-corrected chi connectivity index (χ2v) is 6.66. The van der Waals surface area contributed by atoms with Crippen LogP contribution in [0.1, 0.15) is 12.8 Å². The Bertz CT molecular complexity index is 799. The normalized spacial score (nSPS) is 18.2. The van der Waals surface area contributed by atoms with Crippen LogP contribution in [0.5, 0.6) is 0 Å². The molecule has 1 aliphatic heterocycles. The van der Waals surface area contributed by atoms with E-state index in [2.05, 4.69) is 10.2 Å². The van der Waals surface area contributed by atoms with Crippen LogP contribution in [-0.2, 0) is 0 Å². The van der Waals surface area contributed by atoms with Crippen molar-refractivity contribution >= 4 is 17.1 Å². The van der Waals surface area contributed by atoms with E-state index in [9.17, 15) is 14.0 Å². The summed E-state index contributed by atoms with van der Waals surface area (Å²) in [7, 11) is 0. The number of nitrogens with zero attached hydrogens (tertiary/aromatic N) is 2. The highest BCUT2D eigenvalue weighted by Gasteiger charge is 2.30. The molecule has 6 heteroatoms. The standard InChI is InChI=1S/C18H20FN3O2/c19-13-3-5-14(6-4-13)21-7-9-22(10-8-21)16-15(17(23)18(16)24)20-11-12-1-2-12/h3-6,12,20H,1-2,7-11H2. The quantitative estimate of drug-likeness (QED) is 0.844. The Morgan fingerprint density at radius 3 is 2.21 bits per heavy atom. The maximum absolute atomic E-state index is 13.0. The number of hydrogen-bond donors (Lipinski definition) is 1. The van der Waals surface area contributed by atoms with Gasteiger partial charge < -0.3 is 15.1 Å². The first-order chi connectivity index (χ1) is 11.6. The Hall–Kier alpha value is -2.37. The first-order valence-corrected chi connectivity index (χ1v) is 8.46. The van der Waals surface area contributed by atoms with Gasteiger partial charge in [-0.15, -0.1) is 0 Å². The monoisotopic (exact) mass is 329 g/mol. The number of nitrogens with one attached hydrogen (secondary N) is 1. The molecule has 0 atom stereocenters. The largest absolute Gasteiger partial charge is 0.380 e. The van der Waals surface area contributed by atoms with Crippen LogP contribution in [0.3, 0.4) is 0 Å². The van der Waals surface area contributed by atoms with Crippen LogP contribution < -0.4 is 26.0 Å². The molecule has 1 aliphatic carbocycles. The van der Waals surface area contributed by atoms with Gasteiger partial charge in [0.15, 0.2) is 0 Å². The van der Waals surface area contributed by atoms with Crippen LogP contribution in [0.25, 0.3) is 0 Å². The SMILES string of the molecule is O=c1c(NCC2CC2)c(N2CCN(c3ccc(F)cc3)CC2)c1=O. The van der Waals surface area contributed by atoms with E-state index in [1.165, 1.54) is 25.0 Å². The molecule has 0 amide bonds. The van der Waals surface area contributed by atoms with Crippen LogP contribution >= 0.6 is 0 Å². The van der Waals surface area contributed by atoms with Gasteiger partial charge >= 0.3 is 0 Å². The molecule has 5 nitrogen and oxygen atoms in total. The molecule has 2 aromatic carbocycles. The molecule has 24 heavy (non-hydrogen) atoms. The van der Waals surface area contributed by atoms with Gasteiger partial charge in [-0.3, -0.25) is 9.59 Å². The maximum Gasteiger partial charge on any atom is 0.253 e. The van der Waals surface area contributed by atoms with E-state index in [4.69, 9.17) is 0 Å². The number of piperazine rings is 1. The van der Waals surface area contributed by atoms with Crippen LogP contribution in [0, 0.1) is 11.7 Å². The molecule has 2 aliphatic rings. The maximum atomic E-state index is 13.0. The molecule has 1 saturated carbocycles. The number of anilines is 3. The Balaban J connectivity index is 1.42. The van der Waals surface area contributed by atoms with Gasteiger partial charge in [0, 0.05) is 38.4 Å². The van der Waals surface area contributed by atoms with Gasteiger partial charge in [-0.2, -0.15) is 0 Å². The van der Waals surface area contributed by atoms with E-state index in [0.29, 0.717) is 30.4 Å². The van der Waals surface area contributed by atoms with Gasteiger partial charge in [0.1, 0.15) is 17.2 Å². The van der Waals surface area contributed by atoms with Crippen LogP contribution in [-0.4, -0.2) is 32.7 Å². The minimum absolute atomic E-state index is 0.243. The fraction of sp³-hybridized carbons (Fsp3) is 0.444. The fourth-order valence-corrected chi connectivity index (χ4v) is 3.25. The summed E-state index contributed by atoms with van der Waals surface area (Å²) < 4.78 is 13.0. The molecule has 1 heterocycles. The molecule has 0 radical (unpaired) electrons. The van der Waals surface area contributed by atoms with Gasteiger partial charge in [-0.1, -0.05) is 0 Å². The molecule has 0 aromatic heterocycles.